The molecule has 118 valence electrons. The van der Waals surface area contributed by atoms with Crippen molar-refractivity contribution in [2.45, 2.75) is 38.5 Å². The molecule has 22 heavy (non-hydrogen) atoms. The number of likely N-dealkylation sites (tertiary alicyclic amines) is 1. The lowest BCUT2D eigenvalue weighted by atomic mass is 9.97. The van der Waals surface area contributed by atoms with Crippen molar-refractivity contribution >= 4 is 17.5 Å². The van der Waals surface area contributed by atoms with Crippen LogP contribution >= 0.6 is 0 Å². The molecule has 0 radical (unpaired) electrons. The number of amides is 2. The summed E-state index contributed by atoms with van der Waals surface area (Å²) in [5.74, 6) is 1.11. The van der Waals surface area contributed by atoms with Gasteiger partial charge in [-0.2, -0.15) is 10.1 Å². The smallest absolute Gasteiger partial charge is 0.270 e. The van der Waals surface area contributed by atoms with E-state index in [0.29, 0.717) is 43.4 Å². The van der Waals surface area contributed by atoms with Crippen LogP contribution in [0.4, 0.5) is 0 Å². The van der Waals surface area contributed by atoms with Gasteiger partial charge in [-0.05, 0) is 19.8 Å². The largest absolute Gasteiger partial charge is 0.339 e. The van der Waals surface area contributed by atoms with E-state index in [1.165, 1.54) is 5.01 Å². The fraction of sp³-hybridized carbons (Fsp3) is 0.643. The second-order valence-corrected chi connectivity index (χ2v) is 5.73. The molecule has 2 aliphatic heterocycles. The van der Waals surface area contributed by atoms with E-state index in [9.17, 15) is 9.59 Å². The number of rotatable bonds is 2. The summed E-state index contributed by atoms with van der Waals surface area (Å²) in [5, 5.41) is 9.16. The van der Waals surface area contributed by atoms with Gasteiger partial charge in [0.25, 0.3) is 5.91 Å². The number of hydrogen-bond donors (Lipinski definition) is 0. The average Bonchev–Trinajstić information content (AvgIpc) is 2.96. The molecular formula is C14H19N5O3. The van der Waals surface area contributed by atoms with Gasteiger partial charge in [0.1, 0.15) is 5.71 Å². The van der Waals surface area contributed by atoms with Crippen molar-refractivity contribution < 1.29 is 14.1 Å². The van der Waals surface area contributed by atoms with Gasteiger partial charge < -0.3 is 9.42 Å². The number of aromatic nitrogens is 2. The number of piperidine rings is 1. The van der Waals surface area contributed by atoms with E-state index in [0.717, 1.165) is 12.8 Å². The normalized spacial score (nSPS) is 22.7. The summed E-state index contributed by atoms with van der Waals surface area (Å²) in [7, 11) is 1.58. The molecule has 0 aliphatic carbocycles. The molecule has 0 aromatic carbocycles. The van der Waals surface area contributed by atoms with Gasteiger partial charge in [0.2, 0.25) is 11.8 Å². The Labute approximate surface area is 128 Å². The van der Waals surface area contributed by atoms with Crippen molar-refractivity contribution in [3.63, 3.8) is 0 Å². The Morgan fingerprint density at radius 3 is 2.86 bits per heavy atom. The lowest BCUT2D eigenvalue weighted by molar-refractivity contribution is -0.130. The molecule has 1 unspecified atom stereocenters. The molecule has 1 saturated heterocycles. The Balaban J connectivity index is 1.70. The van der Waals surface area contributed by atoms with Crippen molar-refractivity contribution in [1.29, 1.82) is 0 Å². The minimum absolute atomic E-state index is 0.0607. The standard InChI is InChI=1S/C14H19N5O3/c1-9-15-13(22-17-9)10-4-3-7-19(8-10)14(21)11-5-6-12(20)18(2)16-11/h10H,3-8H2,1-2H3. The molecule has 1 fully saturated rings. The molecule has 2 aliphatic rings. The quantitative estimate of drug-likeness (QED) is 0.801. The average molecular weight is 305 g/mol. The topological polar surface area (TPSA) is 91.9 Å². The third-order valence-corrected chi connectivity index (χ3v) is 4.06. The first-order valence-corrected chi connectivity index (χ1v) is 7.48. The van der Waals surface area contributed by atoms with E-state index < -0.39 is 0 Å². The fourth-order valence-corrected chi connectivity index (χ4v) is 2.85. The highest BCUT2D eigenvalue weighted by Gasteiger charge is 2.31. The Morgan fingerprint density at radius 2 is 2.18 bits per heavy atom. The molecule has 1 aromatic rings. The summed E-state index contributed by atoms with van der Waals surface area (Å²) in [4.78, 5) is 30.1. The fourth-order valence-electron chi connectivity index (χ4n) is 2.85. The highest BCUT2D eigenvalue weighted by atomic mass is 16.5. The Bertz CT molecular complexity index is 624. The van der Waals surface area contributed by atoms with Gasteiger partial charge in [-0.15, -0.1) is 0 Å². The zero-order valence-electron chi connectivity index (χ0n) is 12.8. The van der Waals surface area contributed by atoms with Crippen LogP contribution in [0.15, 0.2) is 9.62 Å². The summed E-state index contributed by atoms with van der Waals surface area (Å²) in [6, 6.07) is 0. The molecule has 2 amide bonds. The van der Waals surface area contributed by atoms with Crippen LogP contribution in [0.5, 0.6) is 0 Å². The minimum Gasteiger partial charge on any atom is -0.339 e. The monoisotopic (exact) mass is 305 g/mol. The van der Waals surface area contributed by atoms with Gasteiger partial charge in [0.15, 0.2) is 5.82 Å². The third kappa shape index (κ3) is 2.86. The molecular weight excluding hydrogens is 286 g/mol. The van der Waals surface area contributed by atoms with Crippen molar-refractivity contribution in [3.05, 3.63) is 11.7 Å². The van der Waals surface area contributed by atoms with Crippen LogP contribution in [-0.2, 0) is 9.59 Å². The summed E-state index contributed by atoms with van der Waals surface area (Å²) < 4.78 is 5.23. The number of carbonyl (C=O) groups excluding carboxylic acids is 2. The second kappa shape index (κ2) is 5.86. The van der Waals surface area contributed by atoms with Gasteiger partial charge >= 0.3 is 0 Å². The number of hydrogen-bond acceptors (Lipinski definition) is 6. The zero-order chi connectivity index (χ0) is 15.7. The van der Waals surface area contributed by atoms with Crippen molar-refractivity contribution in [2.24, 2.45) is 5.10 Å². The lowest BCUT2D eigenvalue weighted by Crippen LogP contribution is -2.44. The molecule has 3 heterocycles. The van der Waals surface area contributed by atoms with E-state index in [1.54, 1.807) is 18.9 Å². The SMILES string of the molecule is Cc1noc(C2CCCN(C(=O)C3=NN(C)C(=O)CC3)C2)n1. The Kier molecular flexibility index (Phi) is 3.91. The summed E-state index contributed by atoms with van der Waals surface area (Å²) >= 11 is 0. The summed E-state index contributed by atoms with van der Waals surface area (Å²) in [5.41, 5.74) is 0.449. The predicted molar refractivity (Wildman–Crippen MR) is 77.0 cm³/mol. The molecule has 0 saturated carbocycles. The molecule has 3 rings (SSSR count). The maximum absolute atomic E-state index is 12.6. The number of nitrogens with zero attached hydrogens (tertiary/aromatic N) is 5. The van der Waals surface area contributed by atoms with Crippen LogP contribution in [0, 0.1) is 6.92 Å². The number of carbonyl (C=O) groups is 2. The highest BCUT2D eigenvalue weighted by molar-refractivity contribution is 6.39. The van der Waals surface area contributed by atoms with E-state index in [1.807, 2.05) is 0 Å². The first-order valence-electron chi connectivity index (χ1n) is 7.48. The first-order chi connectivity index (χ1) is 10.5. The van der Waals surface area contributed by atoms with Crippen LogP contribution in [0.3, 0.4) is 0 Å². The molecule has 8 nitrogen and oxygen atoms in total. The van der Waals surface area contributed by atoms with E-state index >= 15 is 0 Å². The summed E-state index contributed by atoms with van der Waals surface area (Å²) in [6.45, 7) is 3.03. The summed E-state index contributed by atoms with van der Waals surface area (Å²) in [6.07, 6.45) is 2.56. The van der Waals surface area contributed by atoms with E-state index in [-0.39, 0.29) is 17.7 Å². The van der Waals surface area contributed by atoms with E-state index in [4.69, 9.17) is 4.52 Å². The maximum atomic E-state index is 12.6. The molecule has 1 aromatic heterocycles. The van der Waals surface area contributed by atoms with Crippen molar-refractivity contribution in [1.82, 2.24) is 20.0 Å². The van der Waals surface area contributed by atoms with Gasteiger partial charge in [-0.1, -0.05) is 5.16 Å². The predicted octanol–water partition coefficient (Wildman–Crippen LogP) is 0.692. The lowest BCUT2D eigenvalue weighted by Gasteiger charge is -2.32. The Hall–Kier alpha value is -2.25. The Morgan fingerprint density at radius 1 is 1.36 bits per heavy atom. The molecule has 0 spiro atoms. The minimum atomic E-state index is -0.0970. The van der Waals surface area contributed by atoms with Crippen LogP contribution in [-0.4, -0.2) is 57.7 Å². The maximum Gasteiger partial charge on any atom is 0.270 e. The van der Waals surface area contributed by atoms with Gasteiger partial charge in [0.05, 0.1) is 5.92 Å². The third-order valence-electron chi connectivity index (χ3n) is 4.06. The van der Waals surface area contributed by atoms with Crippen LogP contribution in [0.1, 0.15) is 43.3 Å². The highest BCUT2D eigenvalue weighted by Crippen LogP contribution is 2.26. The van der Waals surface area contributed by atoms with Crippen LogP contribution in [0.2, 0.25) is 0 Å². The second-order valence-electron chi connectivity index (χ2n) is 5.73. The van der Waals surface area contributed by atoms with Gasteiger partial charge in [-0.25, -0.2) is 5.01 Å². The van der Waals surface area contributed by atoms with Crippen molar-refractivity contribution in [3.8, 4) is 0 Å². The van der Waals surface area contributed by atoms with Gasteiger partial charge in [0, 0.05) is 33.0 Å². The molecule has 0 N–H and O–H groups in total. The molecule has 8 heteroatoms. The number of aryl methyl sites for hydroxylation is 1. The zero-order valence-corrected chi connectivity index (χ0v) is 12.8. The molecule has 1 atom stereocenters. The number of hydrazone groups is 1. The first kappa shape index (κ1) is 14.7. The molecule has 0 bridgehead atoms. The van der Waals surface area contributed by atoms with Crippen molar-refractivity contribution in [2.75, 3.05) is 20.1 Å². The van der Waals surface area contributed by atoms with Crippen LogP contribution in [0.25, 0.3) is 0 Å². The van der Waals surface area contributed by atoms with E-state index in [2.05, 4.69) is 15.2 Å². The van der Waals surface area contributed by atoms with Gasteiger partial charge in [-0.3, -0.25) is 9.59 Å². The van der Waals surface area contributed by atoms with Crippen LogP contribution < -0.4 is 0 Å².